The maximum Gasteiger partial charge on any atom is 0.308 e. The number of halogens is 3. The Morgan fingerprint density at radius 2 is 1.33 bits per heavy atom. The molecule has 0 amide bonds. The first-order chi connectivity index (χ1) is 13.1. The number of esters is 1. The van der Waals surface area contributed by atoms with E-state index in [4.69, 9.17) is 16.3 Å². The highest BCUT2D eigenvalue weighted by atomic mass is 79.9. The molecule has 0 saturated carbocycles. The Morgan fingerprint density at radius 1 is 0.852 bits per heavy atom. The Hall–Kier alpha value is 0.170. The van der Waals surface area contributed by atoms with Crippen molar-refractivity contribution in [1.82, 2.24) is 0 Å². The fraction of sp³-hybridized carbons (Fsp3) is 0.955. The lowest BCUT2D eigenvalue weighted by Crippen LogP contribution is -2.23. The van der Waals surface area contributed by atoms with Gasteiger partial charge in [-0.3, -0.25) is 4.79 Å². The van der Waals surface area contributed by atoms with Crippen LogP contribution in [0.5, 0.6) is 0 Å². The highest BCUT2D eigenvalue weighted by Gasteiger charge is 2.21. The predicted molar refractivity (Wildman–Crippen MR) is 119 cm³/mol. The number of ether oxygens (including phenoxy) is 1. The maximum absolute atomic E-state index is 13.8. The monoisotopic (exact) mass is 470 g/mol. The van der Waals surface area contributed by atoms with Gasteiger partial charge in [-0.2, -0.15) is 0 Å². The summed E-state index contributed by atoms with van der Waals surface area (Å²) < 4.78 is 18.7. The van der Waals surface area contributed by atoms with Crippen molar-refractivity contribution >= 4 is 33.5 Å². The van der Waals surface area contributed by atoms with Gasteiger partial charge in [0.1, 0.15) is 0 Å². The summed E-state index contributed by atoms with van der Waals surface area (Å²) >= 11 is 8.85. The first-order valence-corrected chi connectivity index (χ1v) is 12.6. The second kappa shape index (κ2) is 20.9. The van der Waals surface area contributed by atoms with Crippen molar-refractivity contribution in [1.29, 1.82) is 0 Å². The first kappa shape index (κ1) is 27.2. The van der Waals surface area contributed by atoms with Crippen LogP contribution in [0.15, 0.2) is 0 Å². The van der Waals surface area contributed by atoms with E-state index in [-0.39, 0.29) is 0 Å². The third-order valence-electron chi connectivity index (χ3n) is 4.88. The molecule has 0 aliphatic heterocycles. The minimum atomic E-state index is -1.56. The fourth-order valence-corrected chi connectivity index (χ4v) is 3.73. The van der Waals surface area contributed by atoms with Crippen LogP contribution in [0.25, 0.3) is 0 Å². The summed E-state index contributed by atoms with van der Waals surface area (Å²) in [6.07, 6.45) is 17.5. The van der Waals surface area contributed by atoms with Crippen molar-refractivity contribution in [3.05, 3.63) is 0 Å². The summed E-state index contributed by atoms with van der Waals surface area (Å²) in [7, 11) is 0. The molecule has 0 aliphatic carbocycles. The number of alkyl halides is 3. The zero-order valence-corrected chi connectivity index (χ0v) is 19.7. The van der Waals surface area contributed by atoms with Crippen molar-refractivity contribution in [3.8, 4) is 0 Å². The van der Waals surface area contributed by atoms with E-state index in [1.165, 1.54) is 64.2 Å². The molecule has 0 aromatic rings. The number of hydrogen-bond donors (Lipinski definition) is 0. The maximum atomic E-state index is 13.8. The number of unbranched alkanes of at least 4 members (excludes halogenated alkanes) is 13. The number of carbonyl (C=O) groups is 1. The molecule has 2 nitrogen and oxygen atoms in total. The van der Waals surface area contributed by atoms with Crippen LogP contribution < -0.4 is 0 Å². The molecule has 0 aliphatic rings. The Kier molecular flexibility index (Phi) is 21.0. The highest BCUT2D eigenvalue weighted by Crippen LogP contribution is 2.19. The molecule has 2 unspecified atom stereocenters. The summed E-state index contributed by atoms with van der Waals surface area (Å²) in [5.41, 5.74) is 0. The normalized spacial score (nSPS) is 13.5. The number of rotatable bonds is 20. The summed E-state index contributed by atoms with van der Waals surface area (Å²) in [5, 5.41) is 0. The van der Waals surface area contributed by atoms with Crippen molar-refractivity contribution in [2.45, 2.75) is 127 Å². The molecule has 0 rings (SSSR count). The van der Waals surface area contributed by atoms with Gasteiger partial charge in [-0.05, 0) is 19.3 Å². The Labute approximate surface area is 180 Å². The highest BCUT2D eigenvalue weighted by molar-refractivity contribution is 9.09. The summed E-state index contributed by atoms with van der Waals surface area (Å²) in [5.74, 6) is 0.155. The largest absolute Gasteiger partial charge is 0.430 e. The average Bonchev–Trinajstić information content (AvgIpc) is 2.65. The molecule has 0 aromatic carbocycles. The molecule has 0 spiro atoms. The third kappa shape index (κ3) is 19.3. The summed E-state index contributed by atoms with van der Waals surface area (Å²) in [6.45, 7) is 2.26. The van der Waals surface area contributed by atoms with Gasteiger partial charge in [-0.15, -0.1) is 11.6 Å². The predicted octanol–water partition coefficient (Wildman–Crippen LogP) is 8.48. The Balaban J connectivity index is 3.38. The first-order valence-electron chi connectivity index (χ1n) is 11.1. The molecule has 162 valence electrons. The molecular weight excluding hydrogens is 431 g/mol. The minimum absolute atomic E-state index is 0.319. The smallest absolute Gasteiger partial charge is 0.308 e. The van der Waals surface area contributed by atoms with E-state index in [2.05, 4.69) is 22.9 Å². The summed E-state index contributed by atoms with van der Waals surface area (Å²) in [6, 6.07) is 0. The Morgan fingerprint density at radius 3 is 1.81 bits per heavy atom. The average molecular weight is 472 g/mol. The molecule has 0 aromatic heterocycles. The van der Waals surface area contributed by atoms with E-state index in [1.54, 1.807) is 0 Å². The molecule has 0 fully saturated rings. The van der Waals surface area contributed by atoms with Crippen LogP contribution in [0.4, 0.5) is 4.39 Å². The van der Waals surface area contributed by atoms with E-state index in [0.717, 1.165) is 32.1 Å². The molecular formula is C22H41BrClFO2. The van der Waals surface area contributed by atoms with E-state index < -0.39 is 17.2 Å². The van der Waals surface area contributed by atoms with Crippen LogP contribution in [0.1, 0.15) is 116 Å². The van der Waals surface area contributed by atoms with Crippen LogP contribution in [-0.4, -0.2) is 23.0 Å². The molecule has 27 heavy (non-hydrogen) atoms. The van der Waals surface area contributed by atoms with E-state index >= 15 is 0 Å². The SMILES string of the molecule is CCCCCCCCCCCCCCCC(=O)OC(F)C(Br)CCCCCl. The number of carbonyl (C=O) groups excluding carboxylic acids is 1. The second-order valence-corrected chi connectivity index (χ2v) is 9.09. The van der Waals surface area contributed by atoms with E-state index in [1.807, 2.05) is 0 Å². The van der Waals surface area contributed by atoms with Gasteiger partial charge < -0.3 is 4.74 Å². The van der Waals surface area contributed by atoms with Crippen LogP contribution in [-0.2, 0) is 9.53 Å². The lowest BCUT2D eigenvalue weighted by Gasteiger charge is -2.15. The van der Waals surface area contributed by atoms with Crippen LogP contribution in [0.3, 0.4) is 0 Å². The molecule has 0 N–H and O–H groups in total. The van der Waals surface area contributed by atoms with Gasteiger partial charge >= 0.3 is 5.97 Å². The third-order valence-corrected chi connectivity index (χ3v) is 6.02. The van der Waals surface area contributed by atoms with Crippen molar-refractivity contribution in [2.24, 2.45) is 0 Å². The standard InChI is InChI=1S/C22H41BrClFO2/c1-2-3-4-5-6-7-8-9-10-11-12-13-14-18-21(26)27-22(25)20(23)17-15-16-19-24/h20,22H,2-19H2,1H3. The molecule has 2 atom stereocenters. The topological polar surface area (TPSA) is 26.3 Å². The lowest BCUT2D eigenvalue weighted by molar-refractivity contribution is -0.157. The quantitative estimate of drug-likeness (QED) is 0.101. The van der Waals surface area contributed by atoms with Gasteiger partial charge in [0.15, 0.2) is 0 Å². The second-order valence-electron chi connectivity index (χ2n) is 7.53. The number of hydrogen-bond acceptors (Lipinski definition) is 2. The summed E-state index contributed by atoms with van der Waals surface area (Å²) in [4.78, 5) is 11.3. The zero-order chi connectivity index (χ0) is 20.2. The molecule has 0 bridgehead atoms. The van der Waals surface area contributed by atoms with Gasteiger partial charge in [0.25, 0.3) is 6.36 Å². The van der Waals surface area contributed by atoms with Gasteiger partial charge in [0.05, 0.1) is 4.83 Å². The Bertz CT molecular complexity index is 331. The van der Waals surface area contributed by atoms with Gasteiger partial charge in [0.2, 0.25) is 0 Å². The van der Waals surface area contributed by atoms with Crippen LogP contribution >= 0.6 is 27.5 Å². The van der Waals surface area contributed by atoms with Crippen LogP contribution in [0, 0.1) is 0 Å². The molecule has 0 radical (unpaired) electrons. The van der Waals surface area contributed by atoms with Gasteiger partial charge in [-0.1, -0.05) is 106 Å². The van der Waals surface area contributed by atoms with Crippen molar-refractivity contribution < 1.29 is 13.9 Å². The van der Waals surface area contributed by atoms with Crippen LogP contribution in [0.2, 0.25) is 0 Å². The zero-order valence-electron chi connectivity index (χ0n) is 17.3. The van der Waals surface area contributed by atoms with Crippen molar-refractivity contribution in [2.75, 3.05) is 5.88 Å². The molecule has 0 saturated heterocycles. The van der Waals surface area contributed by atoms with Gasteiger partial charge in [-0.25, -0.2) is 4.39 Å². The minimum Gasteiger partial charge on any atom is -0.430 e. The molecule has 5 heteroatoms. The van der Waals surface area contributed by atoms with Gasteiger partial charge in [0, 0.05) is 12.3 Å². The molecule has 0 heterocycles. The van der Waals surface area contributed by atoms with Crippen molar-refractivity contribution in [3.63, 3.8) is 0 Å². The lowest BCUT2D eigenvalue weighted by atomic mass is 10.0. The van der Waals surface area contributed by atoms with E-state index in [9.17, 15) is 9.18 Å². The van der Waals surface area contributed by atoms with E-state index in [0.29, 0.717) is 18.7 Å². The fourth-order valence-electron chi connectivity index (χ4n) is 3.11.